The van der Waals surface area contributed by atoms with Gasteiger partial charge in [0.05, 0.1) is 6.61 Å². The highest BCUT2D eigenvalue weighted by atomic mass is 79.9. The van der Waals surface area contributed by atoms with Crippen molar-refractivity contribution < 1.29 is 14.2 Å². The van der Waals surface area contributed by atoms with Gasteiger partial charge in [0.2, 0.25) is 0 Å². The van der Waals surface area contributed by atoms with Crippen molar-refractivity contribution in [2.24, 2.45) is 0 Å². The average Bonchev–Trinajstić information content (AvgIpc) is 2.54. The molecule has 0 radical (unpaired) electrons. The van der Waals surface area contributed by atoms with Gasteiger partial charge in [0, 0.05) is 17.7 Å². The Hall–Kier alpha value is -0.580. The second kappa shape index (κ2) is 10.2. The fraction of sp³-hybridized carbons (Fsp3) is 0.667. The van der Waals surface area contributed by atoms with Gasteiger partial charge in [-0.05, 0) is 69.2 Å². The van der Waals surface area contributed by atoms with Gasteiger partial charge in [0.15, 0.2) is 6.29 Å². The number of unbranched alkanes of at least 4 members (excludes halogenated alkanes) is 3. The van der Waals surface area contributed by atoms with Gasteiger partial charge in [-0.1, -0.05) is 22.4 Å². The fourth-order valence-corrected chi connectivity index (χ4v) is 2.76. The Labute approximate surface area is 142 Å². The number of hydrogen-bond donors (Lipinski definition) is 0. The van der Waals surface area contributed by atoms with Crippen LogP contribution in [0.3, 0.4) is 0 Å². The molecule has 1 aromatic rings. The first-order valence-electron chi connectivity index (χ1n) is 8.38. The highest BCUT2D eigenvalue weighted by molar-refractivity contribution is 9.10. The van der Waals surface area contributed by atoms with Crippen LogP contribution in [-0.2, 0) is 9.47 Å². The molecule has 0 bridgehead atoms. The van der Waals surface area contributed by atoms with Gasteiger partial charge in [-0.3, -0.25) is 0 Å². The molecule has 3 nitrogen and oxygen atoms in total. The summed E-state index contributed by atoms with van der Waals surface area (Å²) in [7, 11) is 0. The zero-order chi connectivity index (χ0) is 15.6. The van der Waals surface area contributed by atoms with Crippen LogP contribution in [0.2, 0.25) is 0 Å². The Bertz CT molecular complexity index is 430. The second-order valence-electron chi connectivity index (χ2n) is 5.84. The van der Waals surface area contributed by atoms with E-state index in [4.69, 9.17) is 14.2 Å². The van der Waals surface area contributed by atoms with Crippen molar-refractivity contribution in [2.75, 3.05) is 19.8 Å². The van der Waals surface area contributed by atoms with Gasteiger partial charge in [-0.2, -0.15) is 0 Å². The third kappa shape index (κ3) is 6.67. The lowest BCUT2D eigenvalue weighted by molar-refractivity contribution is -0.162. The van der Waals surface area contributed by atoms with E-state index < -0.39 is 0 Å². The van der Waals surface area contributed by atoms with Crippen molar-refractivity contribution >= 4 is 15.9 Å². The Kier molecular flexibility index (Phi) is 8.27. The van der Waals surface area contributed by atoms with Crippen LogP contribution in [0.25, 0.3) is 0 Å². The average molecular weight is 371 g/mol. The SMILES string of the molecule is Cc1cc(OCCCCCCOC2CCCCO2)ccc1Br. The summed E-state index contributed by atoms with van der Waals surface area (Å²) in [4.78, 5) is 0. The van der Waals surface area contributed by atoms with Crippen LogP contribution in [0, 0.1) is 6.92 Å². The molecule has 0 amide bonds. The highest BCUT2D eigenvalue weighted by Gasteiger charge is 2.13. The van der Waals surface area contributed by atoms with Crippen LogP contribution in [0.5, 0.6) is 5.75 Å². The minimum Gasteiger partial charge on any atom is -0.494 e. The van der Waals surface area contributed by atoms with Crippen LogP contribution in [0.15, 0.2) is 22.7 Å². The van der Waals surface area contributed by atoms with E-state index in [0.717, 1.165) is 49.3 Å². The molecule has 1 saturated heterocycles. The van der Waals surface area contributed by atoms with Crippen LogP contribution >= 0.6 is 15.9 Å². The minimum atomic E-state index is 0.0535. The maximum Gasteiger partial charge on any atom is 0.157 e. The molecule has 2 rings (SSSR count). The van der Waals surface area contributed by atoms with Crippen molar-refractivity contribution in [2.45, 2.75) is 58.2 Å². The van der Waals surface area contributed by atoms with Gasteiger partial charge in [-0.15, -0.1) is 0 Å². The zero-order valence-corrected chi connectivity index (χ0v) is 15.1. The smallest absolute Gasteiger partial charge is 0.157 e. The lowest BCUT2D eigenvalue weighted by atomic mass is 10.2. The van der Waals surface area contributed by atoms with Crippen molar-refractivity contribution in [3.05, 3.63) is 28.2 Å². The molecule has 0 N–H and O–H groups in total. The molecule has 1 heterocycles. The van der Waals surface area contributed by atoms with Crippen molar-refractivity contribution in [3.8, 4) is 5.75 Å². The summed E-state index contributed by atoms with van der Waals surface area (Å²) >= 11 is 3.50. The van der Waals surface area contributed by atoms with E-state index in [1.807, 2.05) is 12.1 Å². The van der Waals surface area contributed by atoms with Crippen molar-refractivity contribution in [1.29, 1.82) is 0 Å². The Morgan fingerprint density at radius 3 is 2.68 bits per heavy atom. The monoisotopic (exact) mass is 370 g/mol. The normalized spacial score (nSPS) is 18.4. The Balaban J connectivity index is 1.44. The summed E-state index contributed by atoms with van der Waals surface area (Å²) in [6.45, 7) is 4.54. The van der Waals surface area contributed by atoms with Gasteiger partial charge in [0.1, 0.15) is 5.75 Å². The number of aryl methyl sites for hydroxylation is 1. The third-order valence-electron chi connectivity index (χ3n) is 3.88. The Morgan fingerprint density at radius 1 is 1.14 bits per heavy atom. The quantitative estimate of drug-likeness (QED) is 0.556. The van der Waals surface area contributed by atoms with E-state index in [2.05, 4.69) is 28.9 Å². The molecule has 0 aromatic heterocycles. The van der Waals surface area contributed by atoms with Gasteiger partial charge >= 0.3 is 0 Å². The van der Waals surface area contributed by atoms with E-state index in [0.29, 0.717) is 0 Å². The van der Waals surface area contributed by atoms with Crippen LogP contribution in [0.4, 0.5) is 0 Å². The predicted molar refractivity (Wildman–Crippen MR) is 92.4 cm³/mol. The standard InChI is InChI=1S/C18H27BrO3/c1-15-14-16(9-10-17(15)19)20-11-5-2-3-6-12-21-18-8-4-7-13-22-18/h9-10,14,18H,2-8,11-13H2,1H3. The molecule has 1 aliphatic rings. The molecule has 124 valence electrons. The second-order valence-corrected chi connectivity index (χ2v) is 6.69. The van der Waals surface area contributed by atoms with Crippen LogP contribution in [0.1, 0.15) is 50.5 Å². The van der Waals surface area contributed by atoms with Crippen LogP contribution < -0.4 is 4.74 Å². The minimum absolute atomic E-state index is 0.0535. The summed E-state index contributed by atoms with van der Waals surface area (Å²) in [5.41, 5.74) is 1.21. The maximum atomic E-state index is 5.77. The largest absolute Gasteiger partial charge is 0.494 e. The molecule has 1 fully saturated rings. The maximum absolute atomic E-state index is 5.77. The predicted octanol–water partition coefficient (Wildman–Crippen LogP) is 5.24. The molecule has 1 atom stereocenters. The summed E-state index contributed by atoms with van der Waals surface area (Å²) in [6, 6.07) is 6.12. The van der Waals surface area contributed by atoms with E-state index in [1.165, 1.54) is 31.2 Å². The molecular weight excluding hydrogens is 344 g/mol. The van der Waals surface area contributed by atoms with Crippen molar-refractivity contribution in [3.63, 3.8) is 0 Å². The number of ether oxygens (including phenoxy) is 3. The Morgan fingerprint density at radius 2 is 1.95 bits per heavy atom. The van der Waals surface area contributed by atoms with Crippen LogP contribution in [-0.4, -0.2) is 26.1 Å². The first-order valence-corrected chi connectivity index (χ1v) is 9.17. The highest BCUT2D eigenvalue weighted by Crippen LogP contribution is 2.21. The summed E-state index contributed by atoms with van der Waals surface area (Å²) in [5.74, 6) is 0.957. The number of hydrogen-bond acceptors (Lipinski definition) is 3. The molecule has 0 spiro atoms. The summed E-state index contributed by atoms with van der Waals surface area (Å²) in [6.07, 6.45) is 8.10. The van der Waals surface area contributed by atoms with Gasteiger partial charge < -0.3 is 14.2 Å². The molecule has 22 heavy (non-hydrogen) atoms. The molecule has 1 aromatic carbocycles. The first-order chi connectivity index (χ1) is 10.8. The zero-order valence-electron chi connectivity index (χ0n) is 13.5. The van der Waals surface area contributed by atoms with Crippen molar-refractivity contribution in [1.82, 2.24) is 0 Å². The molecule has 1 aliphatic heterocycles. The molecule has 0 saturated carbocycles. The summed E-state index contributed by atoms with van der Waals surface area (Å²) in [5, 5.41) is 0. The van der Waals surface area contributed by atoms with E-state index in [-0.39, 0.29) is 6.29 Å². The van der Waals surface area contributed by atoms with E-state index >= 15 is 0 Å². The lowest BCUT2D eigenvalue weighted by Gasteiger charge is -2.22. The topological polar surface area (TPSA) is 27.7 Å². The molecular formula is C18H27BrO3. The lowest BCUT2D eigenvalue weighted by Crippen LogP contribution is -2.22. The number of benzene rings is 1. The van der Waals surface area contributed by atoms with E-state index in [1.54, 1.807) is 0 Å². The van der Waals surface area contributed by atoms with E-state index in [9.17, 15) is 0 Å². The first kappa shape index (κ1) is 17.8. The molecule has 1 unspecified atom stereocenters. The molecule has 4 heteroatoms. The fourth-order valence-electron chi connectivity index (χ4n) is 2.51. The summed E-state index contributed by atoms with van der Waals surface area (Å²) < 4.78 is 18.2. The molecule has 0 aliphatic carbocycles. The third-order valence-corrected chi connectivity index (χ3v) is 4.77. The number of rotatable bonds is 9. The van der Waals surface area contributed by atoms with Gasteiger partial charge in [-0.25, -0.2) is 0 Å². The van der Waals surface area contributed by atoms with Gasteiger partial charge in [0.25, 0.3) is 0 Å². The number of halogens is 1.